The molecule has 0 unspecified atom stereocenters. The topological polar surface area (TPSA) is 67.8 Å². The molecular formula is C14H10Cl2N4OS2. The maximum absolute atomic E-state index is 12.3. The lowest BCUT2D eigenvalue weighted by Crippen LogP contribution is -2.12. The third-order valence-electron chi connectivity index (χ3n) is 3.03. The van der Waals surface area contributed by atoms with E-state index in [1.54, 1.807) is 18.2 Å². The van der Waals surface area contributed by atoms with Crippen LogP contribution in [-0.2, 0) is 6.42 Å². The summed E-state index contributed by atoms with van der Waals surface area (Å²) in [6.07, 6.45) is 0.656. The largest absolute Gasteiger partial charge is 0.297 e. The number of amides is 1. The molecule has 9 heteroatoms. The molecule has 0 fully saturated rings. The zero-order valence-corrected chi connectivity index (χ0v) is 15.0. The number of rotatable bonds is 4. The monoisotopic (exact) mass is 384 g/mol. The number of aryl methyl sites for hydroxylation is 1. The lowest BCUT2D eigenvalue weighted by Gasteiger charge is -2.01. The Balaban J connectivity index is 1.81. The highest BCUT2D eigenvalue weighted by Crippen LogP contribution is 2.32. The van der Waals surface area contributed by atoms with E-state index < -0.39 is 0 Å². The molecule has 5 nitrogen and oxygen atoms in total. The van der Waals surface area contributed by atoms with E-state index in [0.29, 0.717) is 37.9 Å². The summed E-state index contributed by atoms with van der Waals surface area (Å²) in [4.78, 5) is 17.2. The van der Waals surface area contributed by atoms with Gasteiger partial charge in [-0.1, -0.05) is 34.6 Å². The molecule has 1 aromatic carbocycles. The number of nitrogens with one attached hydrogen (secondary N) is 1. The van der Waals surface area contributed by atoms with Crippen LogP contribution in [0.1, 0.15) is 22.3 Å². The number of nitrogens with zero attached hydrogens (tertiary/aromatic N) is 3. The summed E-state index contributed by atoms with van der Waals surface area (Å²) in [5.41, 5.74) is 2.14. The van der Waals surface area contributed by atoms with Crippen LogP contribution in [0, 0.1) is 0 Å². The van der Waals surface area contributed by atoms with Gasteiger partial charge in [0.25, 0.3) is 5.91 Å². The van der Waals surface area contributed by atoms with Crippen molar-refractivity contribution in [1.29, 1.82) is 0 Å². The zero-order valence-electron chi connectivity index (χ0n) is 11.8. The van der Waals surface area contributed by atoms with Gasteiger partial charge in [-0.25, -0.2) is 4.98 Å². The number of aromatic nitrogens is 3. The van der Waals surface area contributed by atoms with E-state index in [1.807, 2.05) is 12.3 Å². The molecule has 0 saturated heterocycles. The average Bonchev–Trinajstić information content (AvgIpc) is 3.15. The summed E-state index contributed by atoms with van der Waals surface area (Å²) in [5.74, 6) is -0.250. The SMILES string of the molecule is CCc1nnsc1C(=O)Nc1nc(-c2ccc(Cl)cc2Cl)cs1. The van der Waals surface area contributed by atoms with Crippen molar-refractivity contribution >= 4 is 57.1 Å². The van der Waals surface area contributed by atoms with Crippen molar-refractivity contribution in [2.45, 2.75) is 13.3 Å². The summed E-state index contributed by atoms with van der Waals surface area (Å²) in [6, 6.07) is 5.21. The molecule has 0 radical (unpaired) electrons. The molecule has 1 N–H and O–H groups in total. The van der Waals surface area contributed by atoms with Crippen LogP contribution in [0.3, 0.4) is 0 Å². The van der Waals surface area contributed by atoms with Crippen molar-refractivity contribution in [2.75, 3.05) is 5.32 Å². The number of carbonyl (C=O) groups is 1. The molecule has 0 aliphatic heterocycles. The highest BCUT2D eigenvalue weighted by molar-refractivity contribution is 7.14. The third kappa shape index (κ3) is 3.53. The Kier molecular flexibility index (Phi) is 4.91. The van der Waals surface area contributed by atoms with Gasteiger partial charge in [0, 0.05) is 16.0 Å². The van der Waals surface area contributed by atoms with Gasteiger partial charge in [0.1, 0.15) is 4.88 Å². The Hall–Kier alpha value is -1.54. The second kappa shape index (κ2) is 6.92. The van der Waals surface area contributed by atoms with Crippen LogP contribution in [0.5, 0.6) is 0 Å². The van der Waals surface area contributed by atoms with E-state index in [1.165, 1.54) is 11.3 Å². The first-order valence-electron chi connectivity index (χ1n) is 6.62. The lowest BCUT2D eigenvalue weighted by atomic mass is 10.2. The summed E-state index contributed by atoms with van der Waals surface area (Å²) >= 11 is 14.5. The third-order valence-corrected chi connectivity index (χ3v) is 5.10. The molecule has 2 heterocycles. The molecule has 0 atom stereocenters. The molecule has 1 amide bonds. The minimum atomic E-state index is -0.250. The number of anilines is 1. The molecule has 23 heavy (non-hydrogen) atoms. The first-order valence-corrected chi connectivity index (χ1v) is 9.03. The minimum absolute atomic E-state index is 0.250. The zero-order chi connectivity index (χ0) is 16.4. The molecule has 3 rings (SSSR count). The van der Waals surface area contributed by atoms with Gasteiger partial charge in [0.15, 0.2) is 5.13 Å². The number of halogens is 2. The molecule has 0 spiro atoms. The van der Waals surface area contributed by atoms with Crippen LogP contribution in [-0.4, -0.2) is 20.5 Å². The van der Waals surface area contributed by atoms with Crippen LogP contribution >= 0.6 is 46.1 Å². The summed E-state index contributed by atoms with van der Waals surface area (Å²) in [6.45, 7) is 1.93. The highest BCUT2D eigenvalue weighted by atomic mass is 35.5. The van der Waals surface area contributed by atoms with Crippen molar-refractivity contribution in [1.82, 2.24) is 14.6 Å². The second-order valence-electron chi connectivity index (χ2n) is 4.52. The van der Waals surface area contributed by atoms with E-state index in [4.69, 9.17) is 23.2 Å². The smallest absolute Gasteiger partial charge is 0.271 e. The number of carbonyl (C=O) groups excluding carboxylic acids is 1. The highest BCUT2D eigenvalue weighted by Gasteiger charge is 2.17. The van der Waals surface area contributed by atoms with Crippen LogP contribution in [0.15, 0.2) is 23.6 Å². The molecule has 0 bridgehead atoms. The van der Waals surface area contributed by atoms with Crippen molar-refractivity contribution < 1.29 is 4.79 Å². The summed E-state index contributed by atoms with van der Waals surface area (Å²) in [7, 11) is 0. The van der Waals surface area contributed by atoms with E-state index in [-0.39, 0.29) is 5.91 Å². The Morgan fingerprint density at radius 2 is 2.17 bits per heavy atom. The fourth-order valence-corrected chi connectivity index (χ4v) is 3.77. The van der Waals surface area contributed by atoms with Gasteiger partial charge in [-0.15, -0.1) is 16.4 Å². The van der Waals surface area contributed by atoms with Gasteiger partial charge < -0.3 is 0 Å². The fourth-order valence-electron chi connectivity index (χ4n) is 1.92. The average molecular weight is 385 g/mol. The van der Waals surface area contributed by atoms with E-state index in [9.17, 15) is 4.79 Å². The van der Waals surface area contributed by atoms with Gasteiger partial charge >= 0.3 is 0 Å². The fraction of sp³-hybridized carbons (Fsp3) is 0.143. The molecule has 0 saturated carbocycles. The van der Waals surface area contributed by atoms with Crippen LogP contribution < -0.4 is 5.32 Å². The number of thiazole rings is 1. The molecule has 3 aromatic rings. The normalized spacial score (nSPS) is 10.7. The maximum Gasteiger partial charge on any atom is 0.271 e. The molecular weight excluding hydrogens is 375 g/mol. The minimum Gasteiger partial charge on any atom is -0.297 e. The standard InChI is InChI=1S/C14H10Cl2N4OS2/c1-2-10-12(23-20-19-10)13(21)18-14-17-11(6-22-14)8-4-3-7(15)5-9(8)16/h3-6H,2H2,1H3,(H,17,18,21). The summed E-state index contributed by atoms with van der Waals surface area (Å²) in [5, 5.41) is 10.1. The molecule has 0 aliphatic carbocycles. The predicted molar refractivity (Wildman–Crippen MR) is 94.8 cm³/mol. The van der Waals surface area contributed by atoms with Gasteiger partial charge in [-0.2, -0.15) is 0 Å². The number of hydrogen-bond acceptors (Lipinski definition) is 6. The van der Waals surface area contributed by atoms with Crippen molar-refractivity contribution in [3.8, 4) is 11.3 Å². The van der Waals surface area contributed by atoms with E-state index in [0.717, 1.165) is 17.1 Å². The van der Waals surface area contributed by atoms with Crippen molar-refractivity contribution in [2.24, 2.45) is 0 Å². The van der Waals surface area contributed by atoms with E-state index in [2.05, 4.69) is 19.9 Å². The van der Waals surface area contributed by atoms with Gasteiger partial charge in [-0.05, 0) is 36.2 Å². The van der Waals surface area contributed by atoms with Crippen LogP contribution in [0.25, 0.3) is 11.3 Å². The molecule has 0 aliphatic rings. The number of hydrogen-bond donors (Lipinski definition) is 1. The van der Waals surface area contributed by atoms with Crippen molar-refractivity contribution in [3.63, 3.8) is 0 Å². The lowest BCUT2D eigenvalue weighted by molar-refractivity contribution is 0.102. The van der Waals surface area contributed by atoms with Crippen LogP contribution in [0.4, 0.5) is 5.13 Å². The van der Waals surface area contributed by atoms with Crippen molar-refractivity contribution in [3.05, 3.63) is 44.2 Å². The molecule has 2 aromatic heterocycles. The second-order valence-corrected chi connectivity index (χ2v) is 6.97. The Morgan fingerprint density at radius 1 is 1.35 bits per heavy atom. The van der Waals surface area contributed by atoms with E-state index >= 15 is 0 Å². The Morgan fingerprint density at radius 3 is 2.91 bits per heavy atom. The Labute approximate surface area is 150 Å². The molecule has 118 valence electrons. The van der Waals surface area contributed by atoms with Gasteiger partial charge in [0.2, 0.25) is 0 Å². The Bertz CT molecular complexity index is 862. The predicted octanol–water partition coefficient (Wildman–Crippen LogP) is 4.78. The maximum atomic E-state index is 12.3. The van der Waals surface area contributed by atoms with Gasteiger partial charge in [-0.3, -0.25) is 10.1 Å². The van der Waals surface area contributed by atoms with Gasteiger partial charge in [0.05, 0.1) is 16.4 Å². The quantitative estimate of drug-likeness (QED) is 0.702. The van der Waals surface area contributed by atoms with Crippen LogP contribution in [0.2, 0.25) is 10.0 Å². The first kappa shape index (κ1) is 16.3. The summed E-state index contributed by atoms with van der Waals surface area (Å²) < 4.78 is 3.81. The number of benzene rings is 1. The first-order chi connectivity index (χ1) is 11.1.